The number of nitrogens with zero attached hydrogens (tertiary/aromatic N) is 4. The number of nitrogens with one attached hydrogen (secondary N) is 1. The molecule has 3 rings (SSSR count). The van der Waals surface area contributed by atoms with E-state index >= 15 is 0 Å². The minimum Gasteiger partial charge on any atom is -0.492 e. The van der Waals surface area contributed by atoms with Crippen LogP contribution in [0.3, 0.4) is 0 Å². The number of ether oxygens (including phenoxy) is 1. The number of aromatic nitrogens is 4. The summed E-state index contributed by atoms with van der Waals surface area (Å²) in [6, 6.07) is 9.95. The lowest BCUT2D eigenvalue weighted by Crippen LogP contribution is -2.14. The van der Waals surface area contributed by atoms with Crippen molar-refractivity contribution >= 4 is 11.6 Å². The van der Waals surface area contributed by atoms with Crippen LogP contribution in [0, 0.1) is 13.8 Å². The second kappa shape index (κ2) is 5.78. The van der Waals surface area contributed by atoms with Crippen LogP contribution in [0.15, 0.2) is 36.7 Å². The van der Waals surface area contributed by atoms with E-state index in [1.807, 2.05) is 44.2 Å². The lowest BCUT2D eigenvalue weighted by atomic mass is 10.2. The largest absolute Gasteiger partial charge is 0.492 e. The van der Waals surface area contributed by atoms with Crippen molar-refractivity contribution in [3.05, 3.63) is 47.9 Å². The fourth-order valence-electron chi connectivity index (χ4n) is 2.11. The van der Waals surface area contributed by atoms with Gasteiger partial charge in [0.1, 0.15) is 24.5 Å². The van der Waals surface area contributed by atoms with Crippen molar-refractivity contribution in [3.8, 4) is 5.75 Å². The summed E-state index contributed by atoms with van der Waals surface area (Å²) in [5, 5.41) is 7.44. The molecule has 0 spiro atoms. The Bertz CT molecular complexity index is 753. The average molecular weight is 283 g/mol. The Kier molecular flexibility index (Phi) is 3.68. The minimum atomic E-state index is 0.570. The van der Waals surface area contributed by atoms with Crippen LogP contribution in [-0.4, -0.2) is 32.7 Å². The maximum Gasteiger partial charge on any atom is 0.254 e. The van der Waals surface area contributed by atoms with Crippen LogP contribution < -0.4 is 10.1 Å². The van der Waals surface area contributed by atoms with Crippen LogP contribution in [0.2, 0.25) is 0 Å². The molecular weight excluding hydrogens is 266 g/mol. The highest BCUT2D eigenvalue weighted by Gasteiger charge is 2.04. The molecule has 0 saturated carbocycles. The molecule has 0 saturated heterocycles. The monoisotopic (exact) mass is 283 g/mol. The molecule has 0 fully saturated rings. The molecule has 1 N–H and O–H groups in total. The fourth-order valence-corrected chi connectivity index (χ4v) is 2.11. The molecule has 6 nitrogen and oxygen atoms in total. The first-order chi connectivity index (χ1) is 10.2. The summed E-state index contributed by atoms with van der Waals surface area (Å²) in [5.74, 6) is 2.34. The molecule has 0 atom stereocenters. The number of fused-ring (bicyclic) bond motifs is 1. The SMILES string of the molecule is Cc1cccc(OCCNc2cc(C)nc3ncnn23)c1. The quantitative estimate of drug-likeness (QED) is 0.727. The number of benzene rings is 1. The molecule has 0 bridgehead atoms. The van der Waals surface area contributed by atoms with Gasteiger partial charge in [-0.15, -0.1) is 0 Å². The van der Waals surface area contributed by atoms with E-state index in [1.54, 1.807) is 4.52 Å². The summed E-state index contributed by atoms with van der Waals surface area (Å²) in [5.41, 5.74) is 2.09. The Morgan fingerprint density at radius 2 is 2.14 bits per heavy atom. The Morgan fingerprint density at radius 3 is 3.00 bits per heavy atom. The highest BCUT2D eigenvalue weighted by atomic mass is 16.5. The molecule has 0 radical (unpaired) electrons. The molecule has 0 amide bonds. The third-order valence-corrected chi connectivity index (χ3v) is 3.05. The zero-order valence-corrected chi connectivity index (χ0v) is 12.1. The smallest absolute Gasteiger partial charge is 0.254 e. The van der Waals surface area contributed by atoms with E-state index in [-0.39, 0.29) is 0 Å². The highest BCUT2D eigenvalue weighted by molar-refractivity contribution is 5.44. The van der Waals surface area contributed by atoms with E-state index in [2.05, 4.69) is 20.4 Å². The summed E-state index contributed by atoms with van der Waals surface area (Å²) < 4.78 is 7.39. The van der Waals surface area contributed by atoms with Crippen molar-refractivity contribution < 1.29 is 4.74 Å². The molecule has 3 aromatic rings. The van der Waals surface area contributed by atoms with Crippen LogP contribution in [0.5, 0.6) is 5.75 Å². The van der Waals surface area contributed by atoms with Crippen molar-refractivity contribution in [3.63, 3.8) is 0 Å². The Labute approximate surface area is 122 Å². The number of hydrogen-bond acceptors (Lipinski definition) is 5. The van der Waals surface area contributed by atoms with Crippen molar-refractivity contribution in [2.24, 2.45) is 0 Å². The number of anilines is 1. The Morgan fingerprint density at radius 1 is 1.24 bits per heavy atom. The summed E-state index contributed by atoms with van der Waals surface area (Å²) >= 11 is 0. The van der Waals surface area contributed by atoms with Gasteiger partial charge in [0.15, 0.2) is 0 Å². The molecule has 1 aromatic carbocycles. The standard InChI is InChI=1S/C15H17N5O/c1-11-4-3-5-13(8-11)21-7-6-16-14-9-12(2)19-15-17-10-18-20(14)15/h3-5,8-10,16H,6-7H2,1-2H3. The second-order valence-electron chi connectivity index (χ2n) is 4.85. The first kappa shape index (κ1) is 13.4. The molecule has 0 aliphatic carbocycles. The van der Waals surface area contributed by atoms with Crippen molar-refractivity contribution in [2.45, 2.75) is 13.8 Å². The zero-order valence-electron chi connectivity index (χ0n) is 12.1. The molecule has 0 aliphatic rings. The summed E-state index contributed by atoms with van der Waals surface area (Å²) in [6.07, 6.45) is 1.50. The molecule has 6 heteroatoms. The molecule has 0 unspecified atom stereocenters. The fraction of sp³-hybridized carbons (Fsp3) is 0.267. The zero-order chi connectivity index (χ0) is 14.7. The predicted octanol–water partition coefficient (Wildman–Crippen LogP) is 2.23. The van der Waals surface area contributed by atoms with E-state index in [4.69, 9.17) is 4.74 Å². The maximum atomic E-state index is 5.71. The van der Waals surface area contributed by atoms with E-state index in [1.165, 1.54) is 11.9 Å². The van der Waals surface area contributed by atoms with E-state index in [0.717, 1.165) is 17.3 Å². The third-order valence-electron chi connectivity index (χ3n) is 3.05. The highest BCUT2D eigenvalue weighted by Crippen LogP contribution is 2.13. The summed E-state index contributed by atoms with van der Waals surface area (Å²) in [6.45, 7) is 5.22. The average Bonchev–Trinajstić information content (AvgIpc) is 2.91. The number of aryl methyl sites for hydroxylation is 2. The third kappa shape index (κ3) is 3.10. The van der Waals surface area contributed by atoms with E-state index in [0.29, 0.717) is 18.9 Å². The summed E-state index contributed by atoms with van der Waals surface area (Å²) in [4.78, 5) is 8.40. The molecule has 21 heavy (non-hydrogen) atoms. The van der Waals surface area contributed by atoms with Gasteiger partial charge in [-0.3, -0.25) is 0 Å². The Hall–Kier alpha value is -2.63. The van der Waals surface area contributed by atoms with Gasteiger partial charge in [-0.2, -0.15) is 14.6 Å². The Balaban J connectivity index is 1.61. The number of hydrogen-bond donors (Lipinski definition) is 1. The van der Waals surface area contributed by atoms with Gasteiger partial charge in [0, 0.05) is 11.8 Å². The van der Waals surface area contributed by atoms with Crippen LogP contribution in [0.25, 0.3) is 5.78 Å². The van der Waals surface area contributed by atoms with Gasteiger partial charge in [0.05, 0.1) is 6.54 Å². The lowest BCUT2D eigenvalue weighted by Gasteiger charge is -2.10. The first-order valence-corrected chi connectivity index (χ1v) is 6.83. The number of rotatable bonds is 5. The van der Waals surface area contributed by atoms with Gasteiger partial charge in [-0.05, 0) is 31.5 Å². The van der Waals surface area contributed by atoms with Gasteiger partial charge in [0.2, 0.25) is 0 Å². The van der Waals surface area contributed by atoms with Crippen LogP contribution in [0.4, 0.5) is 5.82 Å². The first-order valence-electron chi connectivity index (χ1n) is 6.83. The van der Waals surface area contributed by atoms with Crippen LogP contribution in [0.1, 0.15) is 11.3 Å². The molecule has 2 heterocycles. The topological polar surface area (TPSA) is 64.3 Å². The van der Waals surface area contributed by atoms with Gasteiger partial charge in [-0.25, -0.2) is 4.98 Å². The predicted molar refractivity (Wildman–Crippen MR) is 80.7 cm³/mol. The second-order valence-corrected chi connectivity index (χ2v) is 4.85. The summed E-state index contributed by atoms with van der Waals surface area (Å²) in [7, 11) is 0. The molecule has 108 valence electrons. The van der Waals surface area contributed by atoms with Crippen LogP contribution >= 0.6 is 0 Å². The molecule has 0 aliphatic heterocycles. The van der Waals surface area contributed by atoms with Gasteiger partial charge in [0.25, 0.3) is 5.78 Å². The lowest BCUT2D eigenvalue weighted by molar-refractivity contribution is 0.332. The molecule has 2 aromatic heterocycles. The van der Waals surface area contributed by atoms with Gasteiger partial charge in [-0.1, -0.05) is 12.1 Å². The van der Waals surface area contributed by atoms with Crippen molar-refractivity contribution in [1.29, 1.82) is 0 Å². The van der Waals surface area contributed by atoms with Gasteiger partial charge < -0.3 is 10.1 Å². The van der Waals surface area contributed by atoms with Crippen LogP contribution in [-0.2, 0) is 0 Å². The van der Waals surface area contributed by atoms with Gasteiger partial charge >= 0.3 is 0 Å². The van der Waals surface area contributed by atoms with E-state index < -0.39 is 0 Å². The normalized spacial score (nSPS) is 10.8. The molecular formula is C15H17N5O. The minimum absolute atomic E-state index is 0.570. The van der Waals surface area contributed by atoms with E-state index in [9.17, 15) is 0 Å². The van der Waals surface area contributed by atoms with Crippen molar-refractivity contribution in [1.82, 2.24) is 19.6 Å². The van der Waals surface area contributed by atoms with Crippen molar-refractivity contribution in [2.75, 3.05) is 18.5 Å². The maximum absolute atomic E-state index is 5.71.